The maximum Gasteiger partial charge on any atom is 0.129 e. The zero-order valence-electron chi connectivity index (χ0n) is 31.9. The number of fused-ring (bicyclic) bond motifs is 6. The predicted molar refractivity (Wildman–Crippen MR) is 229 cm³/mol. The van der Waals surface area contributed by atoms with Gasteiger partial charge < -0.3 is 9.64 Å². The van der Waals surface area contributed by atoms with Crippen LogP contribution in [0.15, 0.2) is 152 Å². The summed E-state index contributed by atoms with van der Waals surface area (Å²) in [6.45, 7) is 4.82. The lowest BCUT2D eigenvalue weighted by Gasteiger charge is -2.33. The van der Waals surface area contributed by atoms with Crippen LogP contribution in [0.5, 0.6) is 11.5 Å². The van der Waals surface area contributed by atoms with Gasteiger partial charge in [0.1, 0.15) is 11.5 Å². The van der Waals surface area contributed by atoms with E-state index in [2.05, 4.69) is 140 Å². The Bertz CT molecular complexity index is 2550. The third-order valence-electron chi connectivity index (χ3n) is 12.5. The first-order valence-electron chi connectivity index (χ1n) is 20.3. The van der Waals surface area contributed by atoms with Gasteiger partial charge in [0.25, 0.3) is 0 Å². The molecule has 7 aromatic carbocycles. The summed E-state index contributed by atoms with van der Waals surface area (Å²) in [7, 11) is 0. The number of para-hydroxylation sites is 1. The molecule has 0 amide bonds. The van der Waals surface area contributed by atoms with Crippen molar-refractivity contribution in [1.29, 1.82) is 0 Å². The summed E-state index contributed by atoms with van der Waals surface area (Å²) in [6.07, 6.45) is 9.82. The largest absolute Gasteiger partial charge is 0.457 e. The zero-order valence-corrected chi connectivity index (χ0v) is 31.9. The highest BCUT2D eigenvalue weighted by Gasteiger charge is 2.39. The van der Waals surface area contributed by atoms with Gasteiger partial charge in [-0.2, -0.15) is 0 Å². The number of aryl methyl sites for hydroxylation is 1. The molecule has 0 heterocycles. The van der Waals surface area contributed by atoms with Crippen LogP contribution in [0.2, 0.25) is 0 Å². The van der Waals surface area contributed by atoms with E-state index in [1.807, 2.05) is 30.3 Å². The van der Waals surface area contributed by atoms with Crippen molar-refractivity contribution in [3.05, 3.63) is 185 Å². The van der Waals surface area contributed by atoms with Crippen molar-refractivity contribution in [3.63, 3.8) is 0 Å². The minimum absolute atomic E-state index is 0.116. The van der Waals surface area contributed by atoms with Gasteiger partial charge in [0.2, 0.25) is 0 Å². The second kappa shape index (κ2) is 13.8. The quantitative estimate of drug-likeness (QED) is 0.163. The molecule has 0 unspecified atom stereocenters. The van der Waals surface area contributed by atoms with Crippen molar-refractivity contribution < 1.29 is 4.74 Å². The molecule has 0 spiro atoms. The summed E-state index contributed by atoms with van der Waals surface area (Å²) in [4.78, 5) is 2.50. The molecule has 0 radical (unpaired) electrons. The molecule has 2 heteroatoms. The number of anilines is 3. The van der Waals surface area contributed by atoms with E-state index in [0.29, 0.717) is 0 Å². The van der Waals surface area contributed by atoms with Gasteiger partial charge in [0, 0.05) is 28.4 Å². The Morgan fingerprint density at radius 1 is 0.455 bits per heavy atom. The first-order chi connectivity index (χ1) is 27.0. The Kier molecular flexibility index (Phi) is 8.43. The van der Waals surface area contributed by atoms with Gasteiger partial charge in [-0.1, -0.05) is 117 Å². The van der Waals surface area contributed by atoms with Crippen LogP contribution >= 0.6 is 0 Å². The Morgan fingerprint density at radius 2 is 1.09 bits per heavy atom. The molecule has 2 nitrogen and oxygen atoms in total. The lowest BCUT2D eigenvalue weighted by atomic mass is 9.75. The fraction of sp³-hybridized carbons (Fsp3) is 0.208. The smallest absolute Gasteiger partial charge is 0.129 e. The average molecular weight is 714 g/mol. The van der Waals surface area contributed by atoms with Crippen LogP contribution in [0.3, 0.4) is 0 Å². The van der Waals surface area contributed by atoms with E-state index >= 15 is 0 Å². The first-order valence-corrected chi connectivity index (χ1v) is 20.3. The van der Waals surface area contributed by atoms with Gasteiger partial charge in [-0.25, -0.2) is 0 Å². The van der Waals surface area contributed by atoms with Gasteiger partial charge >= 0.3 is 0 Å². The van der Waals surface area contributed by atoms with Crippen LogP contribution in [0, 0.1) is 0 Å². The SMILES string of the molecule is CC1(C)c2ccccc2-c2c1ccc(N(c1cccc(Oc3ccccc3)c1)c1cccc(-c3ccccc3)c1)c2-c1cc2c(c3c1CCCC3)CCCC2. The third-order valence-corrected chi connectivity index (χ3v) is 12.5. The normalized spacial score (nSPS) is 15.0. The van der Waals surface area contributed by atoms with Crippen LogP contribution in [-0.4, -0.2) is 0 Å². The molecule has 10 rings (SSSR count). The molecule has 0 aromatic heterocycles. The molecule has 0 N–H and O–H groups in total. The van der Waals surface area contributed by atoms with Gasteiger partial charge in [0.15, 0.2) is 0 Å². The predicted octanol–water partition coefficient (Wildman–Crippen LogP) is 14.3. The summed E-state index contributed by atoms with van der Waals surface area (Å²) in [5.74, 6) is 1.64. The Balaban J connectivity index is 1.28. The van der Waals surface area contributed by atoms with Crippen LogP contribution in [-0.2, 0) is 31.1 Å². The van der Waals surface area contributed by atoms with Crippen LogP contribution in [0.25, 0.3) is 33.4 Å². The maximum absolute atomic E-state index is 6.51. The molecule has 0 aliphatic heterocycles. The molecule has 0 saturated carbocycles. The average Bonchev–Trinajstić information content (AvgIpc) is 3.47. The summed E-state index contributed by atoms with van der Waals surface area (Å²) in [5, 5.41) is 0. The van der Waals surface area contributed by atoms with Crippen LogP contribution in [0.4, 0.5) is 17.1 Å². The summed E-state index contributed by atoms with van der Waals surface area (Å²) in [6, 6.07) is 55.2. The van der Waals surface area contributed by atoms with E-state index in [4.69, 9.17) is 4.74 Å². The van der Waals surface area contributed by atoms with E-state index < -0.39 is 0 Å². The second-order valence-electron chi connectivity index (χ2n) is 16.2. The lowest BCUT2D eigenvalue weighted by Crippen LogP contribution is -2.18. The van der Waals surface area contributed by atoms with Gasteiger partial charge in [-0.3, -0.25) is 0 Å². The zero-order chi connectivity index (χ0) is 36.9. The minimum Gasteiger partial charge on any atom is -0.457 e. The number of hydrogen-bond acceptors (Lipinski definition) is 2. The van der Waals surface area contributed by atoms with Gasteiger partial charge in [-0.05, 0) is 155 Å². The number of ether oxygens (including phenoxy) is 1. The second-order valence-corrected chi connectivity index (χ2v) is 16.2. The molecule has 7 aromatic rings. The monoisotopic (exact) mass is 713 g/mol. The molecule has 55 heavy (non-hydrogen) atoms. The molecule has 0 atom stereocenters. The Hall–Kier alpha value is -5.86. The van der Waals surface area contributed by atoms with Gasteiger partial charge in [-0.15, -0.1) is 0 Å². The number of hydrogen-bond donors (Lipinski definition) is 0. The van der Waals surface area contributed by atoms with Crippen molar-refractivity contribution in [2.24, 2.45) is 0 Å². The maximum atomic E-state index is 6.51. The first kappa shape index (κ1) is 33.7. The number of rotatable bonds is 7. The minimum atomic E-state index is -0.116. The van der Waals surface area contributed by atoms with E-state index in [9.17, 15) is 0 Å². The molecule has 3 aliphatic carbocycles. The molecule has 0 fully saturated rings. The van der Waals surface area contributed by atoms with Crippen molar-refractivity contribution in [2.45, 2.75) is 70.6 Å². The Morgan fingerprint density at radius 3 is 1.91 bits per heavy atom. The topological polar surface area (TPSA) is 12.5 Å². The fourth-order valence-corrected chi connectivity index (χ4v) is 9.89. The van der Waals surface area contributed by atoms with Crippen LogP contribution in [0.1, 0.15) is 72.9 Å². The van der Waals surface area contributed by atoms with E-state index in [1.165, 1.54) is 95.1 Å². The van der Waals surface area contributed by atoms with Crippen molar-refractivity contribution in [3.8, 4) is 44.9 Å². The van der Waals surface area contributed by atoms with E-state index in [-0.39, 0.29) is 5.41 Å². The molecule has 0 saturated heterocycles. The highest BCUT2D eigenvalue weighted by molar-refractivity contribution is 6.02. The molecule has 3 aliphatic rings. The summed E-state index contributed by atoms with van der Waals surface area (Å²) >= 11 is 0. The summed E-state index contributed by atoms with van der Waals surface area (Å²) < 4.78 is 6.51. The number of nitrogens with zero attached hydrogens (tertiary/aromatic N) is 1. The van der Waals surface area contributed by atoms with Crippen molar-refractivity contribution >= 4 is 17.1 Å². The molecule has 0 bridgehead atoms. The highest BCUT2D eigenvalue weighted by Crippen LogP contribution is 2.57. The standard InChI is InChI=1S/C53H47NO/c1-53(2)48-30-14-13-29-46(48)51-49(53)31-32-50(52(51)47-34-38-19-9-10-26-43(38)44-27-11-12-28-45(44)47)54(39-21-15-20-37(33-39)36-17-5-3-6-18-36)40-22-16-25-42(35-40)55-41-23-7-4-8-24-41/h3-8,13-18,20-25,29-35H,9-12,19,26-28H2,1-2H3. The lowest BCUT2D eigenvalue weighted by molar-refractivity contribution is 0.483. The molecular weight excluding hydrogens is 667 g/mol. The third kappa shape index (κ3) is 5.87. The summed E-state index contributed by atoms with van der Waals surface area (Å²) in [5.41, 5.74) is 20.5. The Labute approximate surface area is 326 Å². The highest BCUT2D eigenvalue weighted by atomic mass is 16.5. The number of benzene rings is 7. The fourth-order valence-electron chi connectivity index (χ4n) is 9.89. The molecule has 270 valence electrons. The van der Waals surface area contributed by atoms with Gasteiger partial charge in [0.05, 0.1) is 5.69 Å². The van der Waals surface area contributed by atoms with E-state index in [0.717, 1.165) is 29.3 Å². The van der Waals surface area contributed by atoms with E-state index in [1.54, 1.807) is 22.3 Å². The van der Waals surface area contributed by atoms with Crippen molar-refractivity contribution in [1.82, 2.24) is 0 Å². The van der Waals surface area contributed by atoms with Crippen molar-refractivity contribution in [2.75, 3.05) is 4.90 Å². The molecular formula is C53H47NO. The van der Waals surface area contributed by atoms with Crippen LogP contribution < -0.4 is 9.64 Å².